The molecule has 1 atom stereocenters. The average Bonchev–Trinajstić information content (AvgIpc) is 2.34. The van der Waals surface area contributed by atoms with Crippen LogP contribution in [0, 0.1) is 11.8 Å². The highest BCUT2D eigenvalue weighted by atomic mass is 16.5. The van der Waals surface area contributed by atoms with Crippen molar-refractivity contribution in [1.29, 1.82) is 0 Å². The molecule has 0 spiro atoms. The van der Waals surface area contributed by atoms with Crippen molar-refractivity contribution in [3.63, 3.8) is 0 Å². The zero-order chi connectivity index (χ0) is 11.8. The zero-order valence-corrected chi connectivity index (χ0v) is 9.14. The van der Waals surface area contributed by atoms with E-state index in [-0.39, 0.29) is 12.4 Å². The summed E-state index contributed by atoms with van der Waals surface area (Å²) in [7, 11) is 1.32. The number of ether oxygens (including phenoxy) is 1. The fraction of sp³-hybridized carbons (Fsp3) is 0.308. The fourth-order valence-electron chi connectivity index (χ4n) is 1.12. The predicted octanol–water partition coefficient (Wildman–Crippen LogP) is 1.35. The summed E-state index contributed by atoms with van der Waals surface area (Å²) in [6.07, 6.45) is -0.313. The third-order valence-electron chi connectivity index (χ3n) is 2.01. The summed E-state index contributed by atoms with van der Waals surface area (Å²) >= 11 is 0. The minimum atomic E-state index is -0.792. The molecule has 0 aliphatic rings. The predicted molar refractivity (Wildman–Crippen MR) is 60.6 cm³/mol. The molecule has 0 radical (unpaired) electrons. The van der Waals surface area contributed by atoms with Crippen LogP contribution in [0.25, 0.3) is 0 Å². The highest BCUT2D eigenvalue weighted by molar-refractivity contribution is 5.69. The highest BCUT2D eigenvalue weighted by Gasteiger charge is 2.04. The molecule has 0 fully saturated rings. The molecule has 0 aromatic heterocycles. The molecule has 84 valence electrons. The van der Waals surface area contributed by atoms with Crippen LogP contribution in [0.2, 0.25) is 0 Å². The second-order valence-electron chi connectivity index (χ2n) is 3.27. The number of hydrogen-bond donors (Lipinski definition) is 1. The molecule has 1 aromatic rings. The minimum absolute atomic E-state index is 0.182. The van der Waals surface area contributed by atoms with Crippen LogP contribution in [0.3, 0.4) is 0 Å². The van der Waals surface area contributed by atoms with Gasteiger partial charge < -0.3 is 9.84 Å². The summed E-state index contributed by atoms with van der Waals surface area (Å²) in [5.41, 5.74) is 0.847. The van der Waals surface area contributed by atoms with E-state index < -0.39 is 6.10 Å². The quantitative estimate of drug-likeness (QED) is 0.615. The lowest BCUT2D eigenvalue weighted by atomic mass is 10.1. The Balaban J connectivity index is 2.43. The number of esters is 1. The molecule has 0 heterocycles. The molecular formula is C13H14O3. The summed E-state index contributed by atoms with van der Waals surface area (Å²) in [5, 5.41) is 9.47. The van der Waals surface area contributed by atoms with E-state index in [1.807, 2.05) is 30.3 Å². The smallest absolute Gasteiger partial charge is 0.305 e. The van der Waals surface area contributed by atoms with Crippen LogP contribution in [0.5, 0.6) is 0 Å². The topological polar surface area (TPSA) is 46.5 Å². The molecule has 0 aliphatic heterocycles. The first-order chi connectivity index (χ1) is 7.72. The van der Waals surface area contributed by atoms with Gasteiger partial charge in [0, 0.05) is 12.0 Å². The largest absolute Gasteiger partial charge is 0.469 e. The van der Waals surface area contributed by atoms with E-state index in [0.717, 1.165) is 5.56 Å². The van der Waals surface area contributed by atoms with E-state index in [4.69, 9.17) is 0 Å². The molecule has 3 heteroatoms. The van der Waals surface area contributed by atoms with Crippen molar-refractivity contribution in [3.05, 3.63) is 35.9 Å². The molecule has 0 aliphatic carbocycles. The van der Waals surface area contributed by atoms with Crippen molar-refractivity contribution in [1.82, 2.24) is 0 Å². The van der Waals surface area contributed by atoms with Crippen molar-refractivity contribution < 1.29 is 14.6 Å². The van der Waals surface area contributed by atoms with Gasteiger partial charge in [0.1, 0.15) is 6.10 Å². The molecule has 1 aromatic carbocycles. The average molecular weight is 218 g/mol. The second kappa shape index (κ2) is 6.65. The Morgan fingerprint density at radius 3 is 2.75 bits per heavy atom. The first-order valence-corrected chi connectivity index (χ1v) is 5.04. The maximum Gasteiger partial charge on any atom is 0.305 e. The van der Waals surface area contributed by atoms with E-state index in [2.05, 4.69) is 16.6 Å². The van der Waals surface area contributed by atoms with Gasteiger partial charge in [-0.15, -0.1) is 0 Å². The minimum Gasteiger partial charge on any atom is -0.469 e. The van der Waals surface area contributed by atoms with Crippen molar-refractivity contribution in [3.8, 4) is 11.8 Å². The van der Waals surface area contributed by atoms with Crippen molar-refractivity contribution >= 4 is 5.97 Å². The summed E-state index contributed by atoms with van der Waals surface area (Å²) < 4.78 is 4.47. The molecule has 1 unspecified atom stereocenters. The first kappa shape index (κ1) is 12.3. The Bertz CT molecular complexity index is 387. The molecule has 0 saturated carbocycles. The maximum atomic E-state index is 10.8. The van der Waals surface area contributed by atoms with E-state index in [0.29, 0.717) is 6.42 Å². The van der Waals surface area contributed by atoms with Crippen LogP contribution in [0.1, 0.15) is 18.4 Å². The number of rotatable bonds is 3. The summed E-state index contributed by atoms with van der Waals surface area (Å²) in [4.78, 5) is 10.8. The summed E-state index contributed by atoms with van der Waals surface area (Å²) in [6, 6.07) is 9.38. The van der Waals surface area contributed by atoms with Crippen LogP contribution in [-0.2, 0) is 9.53 Å². The number of carbonyl (C=O) groups is 1. The van der Waals surface area contributed by atoms with Crippen molar-refractivity contribution in [2.75, 3.05) is 7.11 Å². The summed E-state index contributed by atoms with van der Waals surface area (Å²) in [6.45, 7) is 0. The highest BCUT2D eigenvalue weighted by Crippen LogP contribution is 1.99. The van der Waals surface area contributed by atoms with Gasteiger partial charge in [0.25, 0.3) is 0 Å². The van der Waals surface area contributed by atoms with Crippen LogP contribution in [0.4, 0.5) is 0 Å². The Morgan fingerprint density at radius 2 is 2.12 bits per heavy atom. The number of methoxy groups -OCH3 is 1. The Morgan fingerprint density at radius 1 is 1.44 bits per heavy atom. The van der Waals surface area contributed by atoms with E-state index in [1.54, 1.807) is 0 Å². The summed E-state index contributed by atoms with van der Waals surface area (Å²) in [5.74, 6) is 5.18. The zero-order valence-electron chi connectivity index (χ0n) is 9.14. The third kappa shape index (κ3) is 4.63. The van der Waals surface area contributed by atoms with Gasteiger partial charge in [0.15, 0.2) is 0 Å². The van der Waals surface area contributed by atoms with Crippen LogP contribution in [0.15, 0.2) is 30.3 Å². The van der Waals surface area contributed by atoms with Gasteiger partial charge in [-0.3, -0.25) is 4.79 Å². The monoisotopic (exact) mass is 218 g/mol. The number of aliphatic hydroxyl groups excluding tert-OH is 1. The number of carbonyl (C=O) groups excluding carboxylic acids is 1. The van der Waals surface area contributed by atoms with Gasteiger partial charge in [-0.1, -0.05) is 30.0 Å². The maximum absolute atomic E-state index is 10.8. The molecule has 0 saturated heterocycles. The molecule has 16 heavy (non-hydrogen) atoms. The van der Waals surface area contributed by atoms with E-state index in [9.17, 15) is 9.90 Å². The molecule has 1 rings (SSSR count). The first-order valence-electron chi connectivity index (χ1n) is 5.04. The van der Waals surface area contributed by atoms with Crippen molar-refractivity contribution in [2.24, 2.45) is 0 Å². The second-order valence-corrected chi connectivity index (χ2v) is 3.27. The molecular weight excluding hydrogens is 204 g/mol. The van der Waals surface area contributed by atoms with E-state index in [1.165, 1.54) is 7.11 Å². The number of aliphatic hydroxyl groups is 1. The molecule has 0 amide bonds. The molecule has 0 bridgehead atoms. The fourth-order valence-corrected chi connectivity index (χ4v) is 1.12. The van der Waals surface area contributed by atoms with Crippen LogP contribution < -0.4 is 0 Å². The molecule has 1 N–H and O–H groups in total. The van der Waals surface area contributed by atoms with Crippen LogP contribution >= 0.6 is 0 Å². The van der Waals surface area contributed by atoms with Gasteiger partial charge in [0.05, 0.1) is 7.11 Å². The van der Waals surface area contributed by atoms with Gasteiger partial charge in [-0.05, 0) is 18.6 Å². The Kier molecular flexibility index (Phi) is 5.10. The van der Waals surface area contributed by atoms with Gasteiger partial charge >= 0.3 is 5.97 Å². The number of hydrogen-bond acceptors (Lipinski definition) is 3. The SMILES string of the molecule is COC(=O)CCC(O)C#Cc1ccccc1. The third-order valence-corrected chi connectivity index (χ3v) is 2.01. The lowest BCUT2D eigenvalue weighted by Gasteiger charge is -2.01. The van der Waals surface area contributed by atoms with E-state index >= 15 is 0 Å². The lowest BCUT2D eigenvalue weighted by molar-refractivity contribution is -0.141. The Labute approximate surface area is 95.1 Å². The number of benzene rings is 1. The molecule has 3 nitrogen and oxygen atoms in total. The van der Waals surface area contributed by atoms with Crippen LogP contribution in [-0.4, -0.2) is 24.3 Å². The van der Waals surface area contributed by atoms with Gasteiger partial charge in [-0.2, -0.15) is 0 Å². The van der Waals surface area contributed by atoms with Crippen molar-refractivity contribution in [2.45, 2.75) is 18.9 Å². The normalized spacial score (nSPS) is 11.1. The van der Waals surface area contributed by atoms with Gasteiger partial charge in [0.2, 0.25) is 0 Å². The Hall–Kier alpha value is -1.79. The standard InChI is InChI=1S/C13H14O3/c1-16-13(15)10-9-12(14)8-7-11-5-3-2-4-6-11/h2-6,12,14H,9-10H2,1H3. The van der Waals surface area contributed by atoms with Gasteiger partial charge in [-0.25, -0.2) is 0 Å². The lowest BCUT2D eigenvalue weighted by Crippen LogP contribution is -2.08.